The minimum atomic E-state index is 0.154. The number of benzene rings is 5. The highest BCUT2D eigenvalue weighted by Gasteiger charge is 2.16. The van der Waals surface area contributed by atoms with Gasteiger partial charge in [0.25, 0.3) is 0 Å². The zero-order valence-electron chi connectivity index (χ0n) is 25.7. The van der Waals surface area contributed by atoms with Crippen molar-refractivity contribution in [2.75, 3.05) is 4.90 Å². The van der Waals surface area contributed by atoms with Gasteiger partial charge >= 0.3 is 0 Å². The lowest BCUT2D eigenvalue weighted by Gasteiger charge is -2.26. The Morgan fingerprint density at radius 1 is 0.390 bits per heavy atom. The van der Waals surface area contributed by atoms with Crippen LogP contribution in [0.5, 0.6) is 0 Å². The first-order chi connectivity index (χ1) is 19.5. The summed E-state index contributed by atoms with van der Waals surface area (Å²) in [5, 5.41) is 0. The van der Waals surface area contributed by atoms with Crippen LogP contribution in [0.4, 0.5) is 17.1 Å². The van der Waals surface area contributed by atoms with Crippen LogP contribution in [0.2, 0.25) is 0 Å². The van der Waals surface area contributed by atoms with E-state index < -0.39 is 0 Å². The number of aryl methyl sites for hydroxylation is 1. The Morgan fingerprint density at radius 2 is 0.659 bits per heavy atom. The molecule has 1 heteroatoms. The summed E-state index contributed by atoms with van der Waals surface area (Å²) in [5.74, 6) is 0. The second kappa shape index (κ2) is 11.4. The molecule has 5 rings (SSSR count). The van der Waals surface area contributed by atoms with Gasteiger partial charge in [-0.25, -0.2) is 0 Å². The number of nitrogens with zero attached hydrogens (tertiary/aromatic N) is 1. The Morgan fingerprint density at radius 3 is 0.927 bits per heavy atom. The van der Waals surface area contributed by atoms with Crippen LogP contribution in [-0.2, 0) is 17.3 Å². The van der Waals surface area contributed by atoms with E-state index in [1.807, 2.05) is 0 Å². The first-order valence-electron chi connectivity index (χ1n) is 14.8. The molecular weight excluding hydrogens is 494 g/mol. The third-order valence-corrected chi connectivity index (χ3v) is 8.02. The molecule has 0 aliphatic carbocycles. The van der Waals surface area contributed by atoms with Crippen molar-refractivity contribution >= 4 is 17.1 Å². The Balaban J connectivity index is 1.47. The van der Waals surface area contributed by atoms with Crippen molar-refractivity contribution in [3.8, 4) is 22.3 Å². The molecule has 0 heterocycles. The van der Waals surface area contributed by atoms with Gasteiger partial charge in [-0.2, -0.15) is 0 Å². The molecular formula is C40H43N. The van der Waals surface area contributed by atoms with Crippen LogP contribution in [0.15, 0.2) is 121 Å². The molecule has 0 atom stereocenters. The highest BCUT2D eigenvalue weighted by molar-refractivity contribution is 5.80. The molecule has 0 aliphatic rings. The molecule has 0 amide bonds. The molecule has 208 valence electrons. The summed E-state index contributed by atoms with van der Waals surface area (Å²) in [5.41, 5.74) is 12.7. The molecule has 0 radical (unpaired) electrons. The highest BCUT2D eigenvalue weighted by Crippen LogP contribution is 2.37. The molecule has 0 spiro atoms. The summed E-state index contributed by atoms with van der Waals surface area (Å²) in [6, 6.07) is 44.8. The van der Waals surface area contributed by atoms with Crippen molar-refractivity contribution < 1.29 is 0 Å². The normalized spacial score (nSPS) is 11.9. The van der Waals surface area contributed by atoms with Gasteiger partial charge in [0.15, 0.2) is 0 Å². The van der Waals surface area contributed by atoms with Crippen molar-refractivity contribution in [3.63, 3.8) is 0 Å². The van der Waals surface area contributed by atoms with Gasteiger partial charge < -0.3 is 4.90 Å². The van der Waals surface area contributed by atoms with Crippen LogP contribution in [0.3, 0.4) is 0 Å². The van der Waals surface area contributed by atoms with E-state index in [1.165, 1.54) is 38.9 Å². The predicted molar refractivity (Wildman–Crippen MR) is 179 cm³/mol. The van der Waals surface area contributed by atoms with Crippen LogP contribution >= 0.6 is 0 Å². The zero-order chi connectivity index (χ0) is 29.2. The fourth-order valence-corrected chi connectivity index (χ4v) is 5.26. The second-order valence-electron chi connectivity index (χ2n) is 13.1. The Kier molecular flexibility index (Phi) is 7.91. The minimum Gasteiger partial charge on any atom is -0.311 e. The van der Waals surface area contributed by atoms with Gasteiger partial charge in [-0.15, -0.1) is 0 Å². The molecule has 0 saturated carbocycles. The smallest absolute Gasteiger partial charge is 0.0462 e. The first-order valence-corrected chi connectivity index (χ1v) is 14.8. The van der Waals surface area contributed by atoms with Crippen molar-refractivity contribution in [2.24, 2.45) is 0 Å². The highest BCUT2D eigenvalue weighted by atomic mass is 15.1. The summed E-state index contributed by atoms with van der Waals surface area (Å²) < 4.78 is 0. The van der Waals surface area contributed by atoms with Gasteiger partial charge in [0.05, 0.1) is 0 Å². The van der Waals surface area contributed by atoms with Gasteiger partial charge in [-0.3, -0.25) is 0 Å². The van der Waals surface area contributed by atoms with Crippen LogP contribution in [0.1, 0.15) is 65.2 Å². The molecule has 0 bridgehead atoms. The number of hydrogen-bond donors (Lipinski definition) is 0. The van der Waals surface area contributed by atoms with E-state index in [0.717, 1.165) is 23.5 Å². The maximum atomic E-state index is 2.35. The number of anilines is 3. The summed E-state index contributed by atoms with van der Waals surface area (Å²) in [6.07, 6.45) is 1.03. The Hall–Kier alpha value is -4.10. The summed E-state index contributed by atoms with van der Waals surface area (Å²) in [6.45, 7) is 15.7. The van der Waals surface area contributed by atoms with Gasteiger partial charge in [-0.1, -0.05) is 133 Å². The molecule has 0 saturated heterocycles. The van der Waals surface area contributed by atoms with Crippen molar-refractivity contribution in [1.29, 1.82) is 0 Å². The van der Waals surface area contributed by atoms with Crippen molar-refractivity contribution in [3.05, 3.63) is 138 Å². The average molecular weight is 538 g/mol. The third-order valence-electron chi connectivity index (χ3n) is 8.02. The number of hydrogen-bond acceptors (Lipinski definition) is 1. The topological polar surface area (TPSA) is 3.24 Å². The molecule has 0 aromatic heterocycles. The van der Waals surface area contributed by atoms with Gasteiger partial charge in [-0.05, 0) is 92.6 Å². The monoisotopic (exact) mass is 537 g/mol. The molecule has 41 heavy (non-hydrogen) atoms. The molecule has 5 aromatic carbocycles. The van der Waals surface area contributed by atoms with Gasteiger partial charge in [0.2, 0.25) is 0 Å². The largest absolute Gasteiger partial charge is 0.311 e. The predicted octanol–water partition coefficient (Wildman–Crippen LogP) is 11.6. The molecule has 0 fully saturated rings. The summed E-state index contributed by atoms with van der Waals surface area (Å²) >= 11 is 0. The van der Waals surface area contributed by atoms with Gasteiger partial charge in [0, 0.05) is 17.1 Å². The maximum absolute atomic E-state index is 2.35. The lowest BCUT2D eigenvalue weighted by molar-refractivity contribution is 0.590. The molecule has 5 aromatic rings. The van der Waals surface area contributed by atoms with E-state index in [-0.39, 0.29) is 10.8 Å². The fourth-order valence-electron chi connectivity index (χ4n) is 5.26. The van der Waals surface area contributed by atoms with E-state index in [1.54, 1.807) is 0 Å². The first kappa shape index (κ1) is 28.4. The zero-order valence-corrected chi connectivity index (χ0v) is 25.7. The molecule has 0 N–H and O–H groups in total. The van der Waals surface area contributed by atoms with E-state index in [0.29, 0.717) is 0 Å². The molecule has 0 aliphatic heterocycles. The lowest BCUT2D eigenvalue weighted by atomic mass is 9.86. The quantitative estimate of drug-likeness (QED) is 0.208. The molecule has 1 nitrogen and oxygen atoms in total. The van der Waals surface area contributed by atoms with Crippen LogP contribution in [-0.4, -0.2) is 0 Å². The van der Waals surface area contributed by atoms with E-state index in [4.69, 9.17) is 0 Å². The van der Waals surface area contributed by atoms with Crippen LogP contribution in [0.25, 0.3) is 22.3 Å². The van der Waals surface area contributed by atoms with Crippen molar-refractivity contribution in [1.82, 2.24) is 0 Å². The van der Waals surface area contributed by atoms with E-state index >= 15 is 0 Å². The van der Waals surface area contributed by atoms with Gasteiger partial charge in [0.1, 0.15) is 0 Å². The summed E-state index contributed by atoms with van der Waals surface area (Å²) in [4.78, 5) is 2.35. The van der Waals surface area contributed by atoms with E-state index in [2.05, 4.69) is 175 Å². The SMILES string of the molecule is CCc1ccc(N(c2ccc(-c3ccc(C(C)(C)C)cc3)cc2)c2ccc(-c3ccc(C(C)(C)C)cc3)cc2)cc1. The Bertz CT molecular complexity index is 1460. The minimum absolute atomic E-state index is 0.154. The average Bonchev–Trinajstić information content (AvgIpc) is 2.98. The standard InChI is InChI=1S/C40H43N/c1-8-29-9-23-36(24-10-29)41(37-25-15-32(16-26-37)30-11-19-34(20-12-30)39(2,3)4)38-27-17-33(18-28-38)31-13-21-35(22-14-31)40(5,6)7/h9-28H,8H2,1-7H3. The third kappa shape index (κ3) is 6.46. The van der Waals surface area contributed by atoms with E-state index in [9.17, 15) is 0 Å². The fraction of sp³-hybridized carbons (Fsp3) is 0.250. The number of rotatable bonds is 6. The lowest BCUT2D eigenvalue weighted by Crippen LogP contribution is -2.10. The van der Waals surface area contributed by atoms with Crippen molar-refractivity contribution in [2.45, 2.75) is 65.7 Å². The maximum Gasteiger partial charge on any atom is 0.0462 e. The molecule has 0 unspecified atom stereocenters. The second-order valence-corrected chi connectivity index (χ2v) is 13.1. The van der Waals surface area contributed by atoms with Crippen LogP contribution < -0.4 is 4.90 Å². The van der Waals surface area contributed by atoms with Crippen LogP contribution in [0, 0.1) is 0 Å². The summed E-state index contributed by atoms with van der Waals surface area (Å²) in [7, 11) is 0. The Labute approximate surface area is 247 Å².